The summed E-state index contributed by atoms with van der Waals surface area (Å²) in [6, 6.07) is 14.3. The maximum absolute atomic E-state index is 12.4. The number of halogens is 1. The molecule has 0 atom stereocenters. The van der Waals surface area contributed by atoms with Crippen LogP contribution in [0.25, 0.3) is 6.08 Å². The van der Waals surface area contributed by atoms with Crippen LogP contribution in [0.5, 0.6) is 0 Å². The van der Waals surface area contributed by atoms with Crippen molar-refractivity contribution in [2.45, 2.75) is 13.3 Å². The quantitative estimate of drug-likeness (QED) is 0.291. The first-order valence-electron chi connectivity index (χ1n) is 7.07. The van der Waals surface area contributed by atoms with Crippen LogP contribution < -0.4 is 11.3 Å². The van der Waals surface area contributed by atoms with Gasteiger partial charge in [-0.15, -0.1) is 0 Å². The monoisotopic (exact) mass is 328 g/mol. The molecule has 0 saturated carbocycles. The van der Waals surface area contributed by atoms with Gasteiger partial charge < -0.3 is 0 Å². The molecule has 0 saturated heterocycles. The number of benzene rings is 2. The number of carbonyl (C=O) groups excluding carboxylic acids is 2. The molecule has 2 aromatic carbocycles. The van der Waals surface area contributed by atoms with Gasteiger partial charge in [0.25, 0.3) is 5.91 Å². The normalized spacial score (nSPS) is 11.2. The Morgan fingerprint density at radius 1 is 1.13 bits per heavy atom. The fraction of sp³-hybridized carbons (Fsp3) is 0.111. The molecule has 0 fully saturated rings. The predicted molar refractivity (Wildman–Crippen MR) is 91.9 cm³/mol. The zero-order chi connectivity index (χ0) is 16.8. The summed E-state index contributed by atoms with van der Waals surface area (Å²) in [5, 5.41) is 0.498. The number of hydrogen-bond acceptors (Lipinski definition) is 3. The van der Waals surface area contributed by atoms with Crippen LogP contribution in [0.1, 0.15) is 27.9 Å². The van der Waals surface area contributed by atoms with Gasteiger partial charge in [-0.05, 0) is 24.6 Å². The van der Waals surface area contributed by atoms with E-state index in [2.05, 4.69) is 5.43 Å². The molecule has 4 nitrogen and oxygen atoms in total. The fourth-order valence-corrected chi connectivity index (χ4v) is 2.27. The van der Waals surface area contributed by atoms with Crippen LogP contribution in [0.4, 0.5) is 0 Å². The molecule has 118 valence electrons. The van der Waals surface area contributed by atoms with E-state index in [0.717, 1.165) is 5.56 Å². The average Bonchev–Trinajstić information content (AvgIpc) is 2.56. The van der Waals surface area contributed by atoms with Crippen molar-refractivity contribution in [2.24, 2.45) is 5.84 Å². The van der Waals surface area contributed by atoms with Crippen molar-refractivity contribution >= 4 is 29.4 Å². The van der Waals surface area contributed by atoms with Crippen LogP contribution in [0.3, 0.4) is 0 Å². The Balaban J connectivity index is 2.29. The molecule has 0 aliphatic rings. The fourth-order valence-electron chi connectivity index (χ4n) is 2.08. The number of aryl methyl sites for hydroxylation is 1. The summed E-state index contributed by atoms with van der Waals surface area (Å²) >= 11 is 6.09. The first kappa shape index (κ1) is 16.9. The minimum Gasteiger partial charge on any atom is -0.294 e. The third-order valence-electron chi connectivity index (χ3n) is 3.38. The number of hydrogen-bond donors (Lipinski definition) is 2. The lowest BCUT2D eigenvalue weighted by Gasteiger charge is -2.07. The molecule has 0 unspecified atom stereocenters. The van der Waals surface area contributed by atoms with E-state index in [1.807, 2.05) is 19.1 Å². The summed E-state index contributed by atoms with van der Waals surface area (Å²) in [6.07, 6.45) is 1.52. The van der Waals surface area contributed by atoms with Crippen LogP contribution in [0.2, 0.25) is 5.02 Å². The molecule has 0 spiro atoms. The summed E-state index contributed by atoms with van der Waals surface area (Å²) < 4.78 is 0. The molecule has 0 radical (unpaired) electrons. The number of rotatable bonds is 5. The number of Topliss-reactive ketones (excluding diaryl/α,β-unsaturated/α-hetero) is 1. The smallest absolute Gasteiger partial charge is 0.261 e. The third-order valence-corrected chi connectivity index (χ3v) is 3.73. The molecule has 0 aliphatic heterocycles. The van der Waals surface area contributed by atoms with Crippen LogP contribution in [-0.2, 0) is 4.79 Å². The van der Waals surface area contributed by atoms with Crippen LogP contribution in [-0.4, -0.2) is 11.7 Å². The molecule has 1 amide bonds. The zero-order valence-corrected chi connectivity index (χ0v) is 13.4. The lowest BCUT2D eigenvalue weighted by Crippen LogP contribution is -2.32. The Bertz CT molecular complexity index is 752. The van der Waals surface area contributed by atoms with Gasteiger partial charge >= 0.3 is 0 Å². The molecule has 5 heteroatoms. The lowest BCUT2D eigenvalue weighted by molar-refractivity contribution is -0.117. The Labute approximate surface area is 139 Å². The van der Waals surface area contributed by atoms with Gasteiger partial charge in [0, 0.05) is 22.6 Å². The van der Waals surface area contributed by atoms with E-state index in [9.17, 15) is 9.59 Å². The molecule has 0 heterocycles. The number of ketones is 1. The Kier molecular flexibility index (Phi) is 5.68. The first-order chi connectivity index (χ1) is 11.0. The van der Waals surface area contributed by atoms with Gasteiger partial charge in [0.15, 0.2) is 5.78 Å². The van der Waals surface area contributed by atoms with Crippen molar-refractivity contribution in [1.29, 1.82) is 0 Å². The van der Waals surface area contributed by atoms with Gasteiger partial charge in [-0.2, -0.15) is 0 Å². The summed E-state index contributed by atoms with van der Waals surface area (Å²) in [7, 11) is 0. The second kappa shape index (κ2) is 7.72. The van der Waals surface area contributed by atoms with Crippen molar-refractivity contribution in [1.82, 2.24) is 5.43 Å². The highest BCUT2D eigenvalue weighted by Crippen LogP contribution is 2.20. The van der Waals surface area contributed by atoms with Gasteiger partial charge in [-0.25, -0.2) is 5.84 Å². The van der Waals surface area contributed by atoms with Gasteiger partial charge in [0.2, 0.25) is 0 Å². The maximum Gasteiger partial charge on any atom is 0.261 e. The molecule has 2 rings (SSSR count). The predicted octanol–water partition coefficient (Wildman–Crippen LogP) is 3.29. The third kappa shape index (κ3) is 4.52. The molecule has 23 heavy (non-hydrogen) atoms. The SMILES string of the molecule is Cc1ccc(C(=O)CC(=Cc2ccccc2Cl)C(=O)NN)cc1. The van der Waals surface area contributed by atoms with Crippen LogP contribution in [0, 0.1) is 6.92 Å². The first-order valence-corrected chi connectivity index (χ1v) is 7.45. The van der Waals surface area contributed by atoms with Gasteiger partial charge in [-0.3, -0.25) is 15.0 Å². The molecule has 0 bridgehead atoms. The minimum absolute atomic E-state index is 0.0582. The van der Waals surface area contributed by atoms with Crippen molar-refractivity contribution < 1.29 is 9.59 Å². The molecule has 3 N–H and O–H groups in total. The van der Waals surface area contributed by atoms with E-state index in [1.165, 1.54) is 0 Å². The summed E-state index contributed by atoms with van der Waals surface area (Å²) in [5.41, 5.74) is 4.59. The largest absolute Gasteiger partial charge is 0.294 e. The maximum atomic E-state index is 12.4. The molecular weight excluding hydrogens is 312 g/mol. The summed E-state index contributed by atoms with van der Waals surface area (Å²) in [6.45, 7) is 1.94. The minimum atomic E-state index is -0.509. The number of nitrogens with one attached hydrogen (secondary N) is 1. The van der Waals surface area contributed by atoms with Gasteiger partial charge in [-0.1, -0.05) is 59.6 Å². The highest BCUT2D eigenvalue weighted by atomic mass is 35.5. The molecule has 0 aromatic heterocycles. The van der Waals surface area contributed by atoms with Crippen molar-refractivity contribution in [3.8, 4) is 0 Å². The molecule has 0 aliphatic carbocycles. The van der Waals surface area contributed by atoms with Crippen LogP contribution >= 0.6 is 11.6 Å². The van der Waals surface area contributed by atoms with Gasteiger partial charge in [0.1, 0.15) is 0 Å². The zero-order valence-electron chi connectivity index (χ0n) is 12.7. The van der Waals surface area contributed by atoms with Gasteiger partial charge in [0.05, 0.1) is 0 Å². The Hall–Kier alpha value is -2.43. The number of nitrogens with two attached hydrogens (primary N) is 1. The Morgan fingerprint density at radius 3 is 2.39 bits per heavy atom. The van der Waals surface area contributed by atoms with E-state index in [-0.39, 0.29) is 17.8 Å². The standard InChI is InChI=1S/C18H17ClN2O2/c1-12-6-8-13(9-7-12)17(22)11-15(18(23)21-20)10-14-4-2-3-5-16(14)19/h2-10H,11,20H2,1H3,(H,21,23). The number of carbonyl (C=O) groups is 2. The van der Waals surface area contributed by atoms with Crippen LogP contribution in [0.15, 0.2) is 54.1 Å². The van der Waals surface area contributed by atoms with Crippen molar-refractivity contribution in [3.05, 3.63) is 75.8 Å². The molecular formula is C18H17ClN2O2. The Morgan fingerprint density at radius 2 is 1.78 bits per heavy atom. The van der Waals surface area contributed by atoms with E-state index < -0.39 is 5.91 Å². The second-order valence-corrected chi connectivity index (χ2v) is 5.54. The average molecular weight is 329 g/mol. The van der Waals surface area contributed by atoms with E-state index in [4.69, 9.17) is 17.4 Å². The van der Waals surface area contributed by atoms with E-state index >= 15 is 0 Å². The van der Waals surface area contributed by atoms with E-state index in [0.29, 0.717) is 16.1 Å². The van der Waals surface area contributed by atoms with E-state index in [1.54, 1.807) is 42.5 Å². The number of amides is 1. The summed E-state index contributed by atoms with van der Waals surface area (Å²) in [4.78, 5) is 24.3. The number of hydrazine groups is 1. The lowest BCUT2D eigenvalue weighted by atomic mass is 10.00. The highest BCUT2D eigenvalue weighted by molar-refractivity contribution is 6.32. The second-order valence-electron chi connectivity index (χ2n) is 5.13. The highest BCUT2D eigenvalue weighted by Gasteiger charge is 2.15. The van der Waals surface area contributed by atoms with Crippen molar-refractivity contribution in [2.75, 3.05) is 0 Å². The topological polar surface area (TPSA) is 72.2 Å². The molecule has 2 aromatic rings. The van der Waals surface area contributed by atoms with Crippen molar-refractivity contribution in [3.63, 3.8) is 0 Å². The summed E-state index contributed by atoms with van der Waals surface area (Å²) in [5.74, 6) is 4.55.